The zero-order valence-corrected chi connectivity index (χ0v) is 22.0. The Morgan fingerprint density at radius 3 is 2.38 bits per heavy atom. The number of para-hydroxylation sites is 1. The largest absolute Gasteiger partial charge is 0.395 e. The van der Waals surface area contributed by atoms with Crippen LogP contribution in [-0.2, 0) is 26.3 Å². The fourth-order valence-corrected chi connectivity index (χ4v) is 5.72. The molecule has 1 heterocycles. The SMILES string of the molecule is O=C(CCSSCCO)NCC(C(=O)NC(=O)N1Cc2ccccc2C#Cc2ccccc21)S(=O)(=O)O. The van der Waals surface area contributed by atoms with Crippen LogP contribution >= 0.6 is 21.6 Å². The molecule has 0 aromatic heterocycles. The quantitative estimate of drug-likeness (QED) is 0.147. The van der Waals surface area contributed by atoms with Gasteiger partial charge in [0.25, 0.3) is 16.0 Å². The van der Waals surface area contributed by atoms with Crippen molar-refractivity contribution in [2.45, 2.75) is 18.2 Å². The summed E-state index contributed by atoms with van der Waals surface area (Å²) in [6.45, 7) is -0.646. The Kier molecular flexibility index (Phi) is 10.4. The van der Waals surface area contributed by atoms with Crippen LogP contribution in [0, 0.1) is 11.8 Å². The van der Waals surface area contributed by atoms with Gasteiger partial charge in [-0.25, -0.2) is 4.79 Å². The van der Waals surface area contributed by atoms with Crippen molar-refractivity contribution < 1.29 is 32.5 Å². The number of urea groups is 1. The van der Waals surface area contributed by atoms with Crippen LogP contribution in [0.2, 0.25) is 0 Å². The molecule has 1 unspecified atom stereocenters. The van der Waals surface area contributed by atoms with Gasteiger partial charge in [-0.15, -0.1) is 0 Å². The first-order chi connectivity index (χ1) is 17.7. The standard InChI is InChI=1S/C24H25N3O7S3/c28-12-14-36-35-13-11-22(29)25-15-21(37(32,33)34)23(30)26-24(31)27-16-19-7-2-1-5-17(19)9-10-18-6-3-4-8-20(18)27/h1-8,21,28H,11-16H2,(H,25,29)(H,26,30,31)(H,32,33,34). The monoisotopic (exact) mass is 563 g/mol. The van der Waals surface area contributed by atoms with Gasteiger partial charge in [0.1, 0.15) is 0 Å². The third kappa shape index (κ3) is 8.24. The molecular weight excluding hydrogens is 538 g/mol. The van der Waals surface area contributed by atoms with Crippen molar-refractivity contribution in [1.29, 1.82) is 0 Å². The van der Waals surface area contributed by atoms with Crippen molar-refractivity contribution in [1.82, 2.24) is 10.6 Å². The van der Waals surface area contributed by atoms with Gasteiger partial charge in [-0.3, -0.25) is 24.4 Å². The smallest absolute Gasteiger partial charge is 0.328 e. The predicted molar refractivity (Wildman–Crippen MR) is 144 cm³/mol. The first-order valence-electron chi connectivity index (χ1n) is 11.1. The van der Waals surface area contributed by atoms with Crippen molar-refractivity contribution in [3.8, 4) is 11.8 Å². The molecule has 4 amide bonds. The van der Waals surface area contributed by atoms with E-state index in [1.807, 2.05) is 11.4 Å². The van der Waals surface area contributed by atoms with Gasteiger partial charge in [-0.2, -0.15) is 8.42 Å². The molecule has 0 radical (unpaired) electrons. The van der Waals surface area contributed by atoms with E-state index in [1.54, 1.807) is 42.5 Å². The van der Waals surface area contributed by atoms with Crippen molar-refractivity contribution in [3.63, 3.8) is 0 Å². The summed E-state index contributed by atoms with van der Waals surface area (Å²) in [4.78, 5) is 39.3. The molecule has 37 heavy (non-hydrogen) atoms. The Morgan fingerprint density at radius 1 is 1.00 bits per heavy atom. The van der Waals surface area contributed by atoms with Crippen LogP contribution in [0.15, 0.2) is 48.5 Å². The zero-order valence-electron chi connectivity index (χ0n) is 19.5. The zero-order chi connectivity index (χ0) is 26.8. The van der Waals surface area contributed by atoms with Crippen LogP contribution in [0.25, 0.3) is 0 Å². The fourth-order valence-electron chi connectivity index (χ4n) is 3.34. The molecule has 0 saturated heterocycles. The van der Waals surface area contributed by atoms with Gasteiger partial charge in [0.2, 0.25) is 5.91 Å². The molecule has 3 rings (SSSR count). The Morgan fingerprint density at radius 2 is 1.65 bits per heavy atom. The highest BCUT2D eigenvalue weighted by atomic mass is 33.1. The van der Waals surface area contributed by atoms with E-state index in [9.17, 15) is 27.4 Å². The maximum Gasteiger partial charge on any atom is 0.328 e. The van der Waals surface area contributed by atoms with Gasteiger partial charge in [0, 0.05) is 35.6 Å². The number of nitrogens with zero attached hydrogens (tertiary/aromatic N) is 1. The molecule has 4 N–H and O–H groups in total. The Hall–Kier alpha value is -3.02. The van der Waals surface area contributed by atoms with Gasteiger partial charge in [0.05, 0.1) is 18.8 Å². The predicted octanol–water partition coefficient (Wildman–Crippen LogP) is 1.78. The van der Waals surface area contributed by atoms with Crippen LogP contribution in [0.5, 0.6) is 0 Å². The molecule has 13 heteroatoms. The lowest BCUT2D eigenvalue weighted by Crippen LogP contribution is -2.52. The first kappa shape index (κ1) is 28.5. The number of hydrogen-bond acceptors (Lipinski definition) is 8. The molecule has 1 aliphatic rings. The number of aliphatic hydroxyl groups is 1. The highest BCUT2D eigenvalue weighted by Crippen LogP contribution is 2.25. The number of nitrogens with one attached hydrogen (secondary N) is 2. The van der Waals surface area contributed by atoms with Crippen LogP contribution in [-0.4, -0.2) is 65.8 Å². The molecule has 1 aliphatic heterocycles. The summed E-state index contributed by atoms with van der Waals surface area (Å²) in [6, 6.07) is 13.1. The molecule has 0 spiro atoms. The van der Waals surface area contributed by atoms with E-state index in [-0.39, 0.29) is 19.6 Å². The molecule has 0 bridgehead atoms. The number of fused-ring (bicyclic) bond motifs is 2. The van der Waals surface area contributed by atoms with Gasteiger partial charge < -0.3 is 10.4 Å². The summed E-state index contributed by atoms with van der Waals surface area (Å²) in [5.41, 5.74) is 2.38. The molecule has 10 nitrogen and oxygen atoms in total. The third-order valence-electron chi connectivity index (χ3n) is 5.15. The van der Waals surface area contributed by atoms with Crippen LogP contribution in [0.3, 0.4) is 0 Å². The number of anilines is 1. The van der Waals surface area contributed by atoms with Gasteiger partial charge >= 0.3 is 6.03 Å². The number of imide groups is 1. The minimum Gasteiger partial charge on any atom is -0.395 e. The van der Waals surface area contributed by atoms with E-state index in [0.29, 0.717) is 28.3 Å². The number of hydrogen-bond donors (Lipinski definition) is 4. The van der Waals surface area contributed by atoms with E-state index in [1.165, 1.54) is 26.5 Å². The number of benzene rings is 2. The van der Waals surface area contributed by atoms with Crippen LogP contribution in [0.1, 0.15) is 23.1 Å². The van der Waals surface area contributed by atoms with E-state index >= 15 is 0 Å². The first-order valence-corrected chi connectivity index (χ1v) is 15.1. The van der Waals surface area contributed by atoms with Crippen molar-refractivity contribution in [3.05, 3.63) is 65.2 Å². The Balaban J connectivity index is 1.72. The minimum absolute atomic E-state index is 0.0106. The van der Waals surface area contributed by atoms with Gasteiger partial charge in [0.15, 0.2) is 5.25 Å². The molecular formula is C24H25N3O7S3. The third-order valence-corrected chi connectivity index (χ3v) is 8.64. The number of aliphatic hydroxyl groups excluding tert-OH is 1. The molecule has 0 saturated carbocycles. The van der Waals surface area contributed by atoms with Gasteiger partial charge in [-0.05, 0) is 23.8 Å². The van der Waals surface area contributed by atoms with E-state index < -0.39 is 39.8 Å². The number of carbonyl (C=O) groups excluding carboxylic acids is 3. The topological polar surface area (TPSA) is 153 Å². The summed E-state index contributed by atoms with van der Waals surface area (Å²) in [6.07, 6.45) is 0.0346. The maximum atomic E-state index is 13.2. The van der Waals surface area contributed by atoms with E-state index in [4.69, 9.17) is 5.11 Å². The molecule has 196 valence electrons. The average molecular weight is 564 g/mol. The summed E-state index contributed by atoms with van der Waals surface area (Å²) in [5, 5.41) is 11.0. The summed E-state index contributed by atoms with van der Waals surface area (Å²) < 4.78 is 33.4. The van der Waals surface area contributed by atoms with Crippen molar-refractivity contribution in [2.24, 2.45) is 0 Å². The number of amides is 4. The average Bonchev–Trinajstić information content (AvgIpc) is 2.84. The second-order valence-electron chi connectivity index (χ2n) is 7.73. The number of carbonyl (C=O) groups is 3. The summed E-state index contributed by atoms with van der Waals surface area (Å²) >= 11 is 0. The lowest BCUT2D eigenvalue weighted by molar-refractivity contribution is -0.121. The van der Waals surface area contributed by atoms with Crippen molar-refractivity contribution in [2.75, 3.05) is 29.6 Å². The minimum atomic E-state index is -4.95. The van der Waals surface area contributed by atoms with E-state index in [2.05, 4.69) is 17.2 Å². The molecule has 2 aromatic rings. The molecule has 1 atom stereocenters. The van der Waals surface area contributed by atoms with Crippen LogP contribution < -0.4 is 15.5 Å². The fraction of sp³-hybridized carbons (Fsp3) is 0.292. The molecule has 2 aromatic carbocycles. The van der Waals surface area contributed by atoms with Crippen LogP contribution in [0.4, 0.5) is 10.5 Å². The Labute approximate surface area is 222 Å². The lowest BCUT2D eigenvalue weighted by atomic mass is 10.0. The second-order valence-corrected chi connectivity index (χ2v) is 12.0. The summed E-state index contributed by atoms with van der Waals surface area (Å²) in [7, 11) is -2.21. The van der Waals surface area contributed by atoms with E-state index in [0.717, 1.165) is 5.56 Å². The highest BCUT2D eigenvalue weighted by molar-refractivity contribution is 8.76. The Bertz CT molecular complexity index is 1320. The summed E-state index contributed by atoms with van der Waals surface area (Å²) in [5.74, 6) is 5.18. The van der Waals surface area contributed by atoms with Gasteiger partial charge in [-0.1, -0.05) is 63.8 Å². The molecule has 0 aliphatic carbocycles. The maximum absolute atomic E-state index is 13.2. The second kappa shape index (κ2) is 13.5. The number of rotatable bonds is 10. The highest BCUT2D eigenvalue weighted by Gasteiger charge is 2.34. The normalized spacial score (nSPS) is 13.1. The lowest BCUT2D eigenvalue weighted by Gasteiger charge is -2.26. The molecule has 0 fully saturated rings. The van der Waals surface area contributed by atoms with Crippen molar-refractivity contribution >= 4 is 55.2 Å².